The summed E-state index contributed by atoms with van der Waals surface area (Å²) in [5.74, 6) is -0.171. The summed E-state index contributed by atoms with van der Waals surface area (Å²) in [5, 5.41) is 5.63. The van der Waals surface area contributed by atoms with Gasteiger partial charge in [-0.05, 0) is 31.0 Å². The number of nitrogens with one attached hydrogen (secondary N) is 2. The Balaban J connectivity index is 2.08. The Morgan fingerprint density at radius 1 is 1.04 bits per heavy atom. The summed E-state index contributed by atoms with van der Waals surface area (Å²) in [6.45, 7) is 3.95. The Kier molecular flexibility index (Phi) is 6.37. The van der Waals surface area contributed by atoms with Gasteiger partial charge in [-0.2, -0.15) is 0 Å². The summed E-state index contributed by atoms with van der Waals surface area (Å²) >= 11 is 0. The van der Waals surface area contributed by atoms with Gasteiger partial charge in [0.25, 0.3) is 0 Å². The van der Waals surface area contributed by atoms with Gasteiger partial charge in [0.1, 0.15) is 0 Å². The Morgan fingerprint density at radius 3 is 2.38 bits per heavy atom. The Hall–Kier alpha value is -2.82. The first-order chi connectivity index (χ1) is 11.6. The van der Waals surface area contributed by atoms with Gasteiger partial charge in [-0.15, -0.1) is 0 Å². The van der Waals surface area contributed by atoms with Gasteiger partial charge in [0, 0.05) is 5.69 Å². The number of carbonyl (C=O) groups excluding carboxylic acids is 2. The number of amides is 2. The molecule has 0 spiro atoms. The van der Waals surface area contributed by atoms with Crippen molar-refractivity contribution in [1.29, 1.82) is 0 Å². The van der Waals surface area contributed by atoms with Crippen molar-refractivity contribution in [3.63, 3.8) is 0 Å². The smallest absolute Gasteiger partial charge is 0.407 e. The van der Waals surface area contributed by atoms with Crippen molar-refractivity contribution in [2.75, 3.05) is 11.9 Å². The molecule has 0 aromatic heterocycles. The van der Waals surface area contributed by atoms with Crippen molar-refractivity contribution >= 4 is 17.7 Å². The van der Waals surface area contributed by atoms with Crippen molar-refractivity contribution in [3.8, 4) is 0 Å². The third kappa shape index (κ3) is 5.12. The van der Waals surface area contributed by atoms with Crippen LogP contribution in [0.5, 0.6) is 0 Å². The normalized spacial score (nSPS) is 11.4. The van der Waals surface area contributed by atoms with Gasteiger partial charge >= 0.3 is 6.09 Å². The van der Waals surface area contributed by atoms with Crippen LogP contribution in [0.2, 0.25) is 0 Å². The number of hydrogen-bond donors (Lipinski definition) is 2. The lowest BCUT2D eigenvalue weighted by molar-refractivity contribution is -0.116. The average molecular weight is 326 g/mol. The Bertz CT molecular complexity index is 686. The number of para-hydroxylation sites is 1. The molecule has 126 valence electrons. The van der Waals surface area contributed by atoms with E-state index in [0.717, 1.165) is 16.8 Å². The summed E-state index contributed by atoms with van der Waals surface area (Å²) in [6.07, 6.45) is -0.410. The van der Waals surface area contributed by atoms with Gasteiger partial charge < -0.3 is 15.4 Å². The maximum atomic E-state index is 12.4. The second-order valence-corrected chi connectivity index (χ2v) is 5.40. The standard InChI is InChI=1S/C19H22N2O3/c1-3-24-19(23)21-17(15-10-5-4-6-11-15)13-18(22)20-16-12-8-7-9-14(16)2/h4-12,17H,3,13H2,1-2H3,(H,20,22)(H,21,23)/t17-/m1/s1. The highest BCUT2D eigenvalue weighted by atomic mass is 16.5. The van der Waals surface area contributed by atoms with Crippen LogP contribution < -0.4 is 10.6 Å². The number of rotatable bonds is 6. The molecule has 0 heterocycles. The van der Waals surface area contributed by atoms with Gasteiger partial charge in [0.2, 0.25) is 5.91 Å². The minimum Gasteiger partial charge on any atom is -0.450 e. The summed E-state index contributed by atoms with van der Waals surface area (Å²) < 4.78 is 4.93. The van der Waals surface area contributed by atoms with E-state index in [9.17, 15) is 9.59 Å². The summed E-state index contributed by atoms with van der Waals surface area (Å²) in [5.41, 5.74) is 2.61. The maximum Gasteiger partial charge on any atom is 0.407 e. The van der Waals surface area contributed by atoms with E-state index in [-0.39, 0.29) is 18.9 Å². The third-order valence-corrected chi connectivity index (χ3v) is 3.58. The minimum atomic E-state index is -0.532. The first-order valence-corrected chi connectivity index (χ1v) is 7.94. The van der Waals surface area contributed by atoms with Gasteiger partial charge in [-0.3, -0.25) is 4.79 Å². The highest BCUT2D eigenvalue weighted by Gasteiger charge is 2.19. The van der Waals surface area contributed by atoms with Crippen molar-refractivity contribution in [2.45, 2.75) is 26.3 Å². The molecule has 2 rings (SSSR count). The van der Waals surface area contributed by atoms with Crippen LogP contribution in [-0.4, -0.2) is 18.6 Å². The molecule has 0 aliphatic carbocycles. The molecule has 0 saturated carbocycles. The largest absolute Gasteiger partial charge is 0.450 e. The van der Waals surface area contributed by atoms with E-state index in [0.29, 0.717) is 0 Å². The second-order valence-electron chi connectivity index (χ2n) is 5.40. The van der Waals surface area contributed by atoms with Crippen LogP contribution in [0.1, 0.15) is 30.5 Å². The molecule has 2 amide bonds. The SMILES string of the molecule is CCOC(=O)N[C@H](CC(=O)Nc1ccccc1C)c1ccccc1. The Morgan fingerprint density at radius 2 is 1.71 bits per heavy atom. The minimum absolute atomic E-state index is 0.122. The van der Waals surface area contributed by atoms with E-state index in [1.54, 1.807) is 6.92 Å². The fraction of sp³-hybridized carbons (Fsp3) is 0.263. The lowest BCUT2D eigenvalue weighted by Crippen LogP contribution is -2.32. The molecule has 0 saturated heterocycles. The van der Waals surface area contributed by atoms with Gasteiger partial charge in [0.05, 0.1) is 19.1 Å². The fourth-order valence-electron chi connectivity index (χ4n) is 2.35. The zero-order valence-electron chi connectivity index (χ0n) is 13.9. The molecular weight excluding hydrogens is 304 g/mol. The average Bonchev–Trinajstić information content (AvgIpc) is 2.57. The molecule has 5 heteroatoms. The highest BCUT2D eigenvalue weighted by molar-refractivity contribution is 5.92. The van der Waals surface area contributed by atoms with E-state index in [1.807, 2.05) is 61.5 Å². The highest BCUT2D eigenvalue weighted by Crippen LogP contribution is 2.19. The number of carbonyl (C=O) groups is 2. The van der Waals surface area contributed by atoms with E-state index < -0.39 is 12.1 Å². The lowest BCUT2D eigenvalue weighted by atomic mass is 10.0. The molecule has 24 heavy (non-hydrogen) atoms. The third-order valence-electron chi connectivity index (χ3n) is 3.58. The molecule has 0 aliphatic heterocycles. The molecule has 5 nitrogen and oxygen atoms in total. The van der Waals surface area contributed by atoms with Crippen molar-refractivity contribution in [1.82, 2.24) is 5.32 Å². The van der Waals surface area contributed by atoms with Crippen LogP contribution in [0.15, 0.2) is 54.6 Å². The molecular formula is C19H22N2O3. The number of ether oxygens (including phenoxy) is 1. The molecule has 0 fully saturated rings. The van der Waals surface area contributed by atoms with Gasteiger partial charge in [-0.25, -0.2) is 4.79 Å². The first kappa shape index (κ1) is 17.5. The van der Waals surface area contributed by atoms with Crippen LogP contribution in [0, 0.1) is 6.92 Å². The van der Waals surface area contributed by atoms with E-state index in [4.69, 9.17) is 4.74 Å². The predicted molar refractivity (Wildman–Crippen MR) is 93.8 cm³/mol. The fourth-order valence-corrected chi connectivity index (χ4v) is 2.35. The number of anilines is 1. The van der Waals surface area contributed by atoms with Crippen molar-refractivity contribution in [3.05, 3.63) is 65.7 Å². The van der Waals surface area contributed by atoms with Gasteiger partial charge in [0.15, 0.2) is 0 Å². The molecule has 1 atom stereocenters. The van der Waals surface area contributed by atoms with Crippen LogP contribution >= 0.6 is 0 Å². The van der Waals surface area contributed by atoms with E-state index >= 15 is 0 Å². The number of aryl methyl sites for hydroxylation is 1. The van der Waals surface area contributed by atoms with Crippen LogP contribution in [0.3, 0.4) is 0 Å². The summed E-state index contributed by atoms with van der Waals surface area (Å²) in [7, 11) is 0. The maximum absolute atomic E-state index is 12.4. The zero-order chi connectivity index (χ0) is 17.4. The van der Waals surface area contributed by atoms with Crippen molar-refractivity contribution < 1.29 is 14.3 Å². The molecule has 0 radical (unpaired) electrons. The summed E-state index contributed by atoms with van der Waals surface area (Å²) in [4.78, 5) is 24.1. The van der Waals surface area contributed by atoms with Gasteiger partial charge in [-0.1, -0.05) is 48.5 Å². The first-order valence-electron chi connectivity index (χ1n) is 7.94. The molecule has 2 aromatic rings. The monoisotopic (exact) mass is 326 g/mol. The molecule has 0 bridgehead atoms. The van der Waals surface area contributed by atoms with E-state index in [2.05, 4.69) is 10.6 Å². The van der Waals surface area contributed by atoms with Crippen LogP contribution in [0.4, 0.5) is 10.5 Å². The second kappa shape index (κ2) is 8.72. The van der Waals surface area contributed by atoms with Crippen LogP contribution in [0.25, 0.3) is 0 Å². The predicted octanol–water partition coefficient (Wildman–Crippen LogP) is 3.81. The zero-order valence-corrected chi connectivity index (χ0v) is 13.9. The van der Waals surface area contributed by atoms with Crippen molar-refractivity contribution in [2.24, 2.45) is 0 Å². The molecule has 0 unspecified atom stereocenters. The van der Waals surface area contributed by atoms with E-state index in [1.165, 1.54) is 0 Å². The number of alkyl carbamates (subject to hydrolysis) is 1. The quantitative estimate of drug-likeness (QED) is 0.848. The summed E-state index contributed by atoms with van der Waals surface area (Å²) in [6, 6.07) is 16.5. The molecule has 0 aliphatic rings. The molecule has 2 N–H and O–H groups in total. The number of hydrogen-bond acceptors (Lipinski definition) is 3. The topological polar surface area (TPSA) is 67.4 Å². The number of benzene rings is 2. The molecule has 2 aromatic carbocycles. The lowest BCUT2D eigenvalue weighted by Gasteiger charge is -2.19. The Labute approximate surface area is 142 Å². The van der Waals surface area contributed by atoms with Crippen LogP contribution in [-0.2, 0) is 9.53 Å².